The van der Waals surface area contributed by atoms with E-state index in [-0.39, 0.29) is 11.9 Å². The normalized spacial score (nSPS) is 30.4. The zero-order chi connectivity index (χ0) is 13.4. The maximum Gasteiger partial charge on any atom is 0.347 e. The molecule has 0 saturated carbocycles. The Hall–Kier alpha value is -1.10. The molecule has 0 aromatic rings. The van der Waals surface area contributed by atoms with Crippen LogP contribution in [0.4, 0.5) is 0 Å². The molecule has 0 spiro atoms. The fourth-order valence-corrected chi connectivity index (χ4v) is 1.85. The topological polar surface area (TPSA) is 58.6 Å². The summed E-state index contributed by atoms with van der Waals surface area (Å²) < 4.78 is 5.35. The van der Waals surface area contributed by atoms with E-state index in [0.29, 0.717) is 6.42 Å². The van der Waals surface area contributed by atoms with Gasteiger partial charge >= 0.3 is 5.97 Å². The number of hydrogen-bond donors (Lipinski definition) is 1. The number of amides is 1. The van der Waals surface area contributed by atoms with Crippen molar-refractivity contribution in [2.45, 2.75) is 58.3 Å². The lowest BCUT2D eigenvalue weighted by atomic mass is 10.0. The number of hydrogen-bond acceptors (Lipinski definition) is 4. The number of esters is 1. The van der Waals surface area contributed by atoms with Gasteiger partial charge in [-0.1, -0.05) is 0 Å². The van der Waals surface area contributed by atoms with Crippen LogP contribution in [-0.4, -0.2) is 41.1 Å². The van der Waals surface area contributed by atoms with Crippen LogP contribution in [0.2, 0.25) is 0 Å². The van der Waals surface area contributed by atoms with Gasteiger partial charge in [0.25, 0.3) is 0 Å². The minimum absolute atomic E-state index is 0.0313. The van der Waals surface area contributed by atoms with E-state index in [9.17, 15) is 9.59 Å². The van der Waals surface area contributed by atoms with E-state index in [2.05, 4.69) is 5.32 Å². The molecule has 2 atom stereocenters. The van der Waals surface area contributed by atoms with Crippen molar-refractivity contribution in [1.82, 2.24) is 10.2 Å². The van der Waals surface area contributed by atoms with Crippen molar-refractivity contribution in [3.05, 3.63) is 0 Å². The monoisotopic (exact) mass is 242 g/mol. The van der Waals surface area contributed by atoms with Crippen LogP contribution < -0.4 is 5.32 Å². The lowest BCUT2D eigenvalue weighted by Crippen LogP contribution is -2.69. The maximum absolute atomic E-state index is 12.2. The minimum atomic E-state index is -1.08. The van der Waals surface area contributed by atoms with Gasteiger partial charge in [0.05, 0.1) is 0 Å². The van der Waals surface area contributed by atoms with E-state index in [0.717, 1.165) is 0 Å². The first-order valence-corrected chi connectivity index (χ1v) is 5.84. The van der Waals surface area contributed by atoms with Crippen molar-refractivity contribution >= 4 is 11.9 Å². The molecular formula is C12H22N2O3. The quantitative estimate of drug-likeness (QED) is 0.694. The average molecular weight is 242 g/mol. The third kappa shape index (κ3) is 2.97. The number of likely N-dealkylation sites (N-methyl/N-ethyl adjacent to an activating group) is 1. The molecule has 0 bridgehead atoms. The van der Waals surface area contributed by atoms with E-state index in [1.165, 1.54) is 4.90 Å². The summed E-state index contributed by atoms with van der Waals surface area (Å²) in [6, 6.07) is -0.0313. The molecule has 1 N–H and O–H groups in total. The summed E-state index contributed by atoms with van der Waals surface area (Å²) in [7, 11) is 1.62. The smallest absolute Gasteiger partial charge is 0.347 e. The van der Waals surface area contributed by atoms with E-state index in [1.54, 1.807) is 14.0 Å². The summed E-state index contributed by atoms with van der Waals surface area (Å²) >= 11 is 0. The molecule has 1 aliphatic rings. The van der Waals surface area contributed by atoms with Gasteiger partial charge in [-0.2, -0.15) is 0 Å². The molecule has 1 rings (SSSR count). The Morgan fingerprint density at radius 3 is 2.53 bits per heavy atom. The zero-order valence-electron chi connectivity index (χ0n) is 11.5. The molecule has 98 valence electrons. The Bertz CT molecular complexity index is 335. The summed E-state index contributed by atoms with van der Waals surface area (Å²) in [4.78, 5) is 25.3. The fourth-order valence-electron chi connectivity index (χ4n) is 1.85. The van der Waals surface area contributed by atoms with Crippen LogP contribution >= 0.6 is 0 Å². The molecule has 1 unspecified atom stereocenters. The number of ether oxygens (including phenoxy) is 1. The van der Waals surface area contributed by atoms with Crippen molar-refractivity contribution in [3.63, 3.8) is 0 Å². The van der Waals surface area contributed by atoms with Crippen molar-refractivity contribution in [1.29, 1.82) is 0 Å². The average Bonchev–Trinajstić information content (AvgIpc) is 2.11. The first-order valence-electron chi connectivity index (χ1n) is 5.84. The van der Waals surface area contributed by atoms with Crippen LogP contribution in [0.15, 0.2) is 0 Å². The first kappa shape index (κ1) is 14.0. The van der Waals surface area contributed by atoms with Crippen LogP contribution in [0, 0.1) is 0 Å². The molecule has 1 heterocycles. The Balaban J connectivity index is 2.91. The molecule has 1 saturated heterocycles. The molecule has 17 heavy (non-hydrogen) atoms. The fraction of sp³-hybridized carbons (Fsp3) is 0.833. The molecule has 1 amide bonds. The zero-order valence-corrected chi connectivity index (χ0v) is 11.5. The van der Waals surface area contributed by atoms with Gasteiger partial charge in [-0.25, -0.2) is 4.79 Å². The molecule has 0 aromatic heterocycles. The largest absolute Gasteiger partial charge is 0.457 e. The van der Waals surface area contributed by atoms with Gasteiger partial charge < -0.3 is 9.64 Å². The van der Waals surface area contributed by atoms with Gasteiger partial charge in [0.2, 0.25) is 5.91 Å². The SMILES string of the molecule is CC1CC(=O)N(C)[C@@](C)(C(=O)OC(C)(C)C)N1. The maximum atomic E-state index is 12.2. The van der Waals surface area contributed by atoms with Crippen LogP contribution in [-0.2, 0) is 14.3 Å². The van der Waals surface area contributed by atoms with Crippen LogP contribution in [0.1, 0.15) is 41.0 Å². The highest BCUT2D eigenvalue weighted by Gasteiger charge is 2.47. The lowest BCUT2D eigenvalue weighted by molar-refractivity contribution is -0.178. The molecule has 1 aliphatic heterocycles. The predicted molar refractivity (Wildman–Crippen MR) is 64.2 cm³/mol. The standard InChI is InChI=1S/C12H22N2O3/c1-8-7-9(15)14(6)12(5,13-8)10(16)17-11(2,3)4/h8,13H,7H2,1-6H3/t8?,12-/m0/s1. The highest BCUT2D eigenvalue weighted by Crippen LogP contribution is 2.23. The minimum Gasteiger partial charge on any atom is -0.457 e. The highest BCUT2D eigenvalue weighted by atomic mass is 16.6. The van der Waals surface area contributed by atoms with E-state index >= 15 is 0 Å². The predicted octanol–water partition coefficient (Wildman–Crippen LogP) is 0.884. The highest BCUT2D eigenvalue weighted by molar-refractivity contribution is 5.89. The van der Waals surface area contributed by atoms with Crippen LogP contribution in [0.3, 0.4) is 0 Å². The number of rotatable bonds is 1. The molecule has 5 nitrogen and oxygen atoms in total. The molecule has 1 fully saturated rings. The summed E-state index contributed by atoms with van der Waals surface area (Å²) in [6.07, 6.45) is 0.398. The van der Waals surface area contributed by atoms with E-state index in [4.69, 9.17) is 4.74 Å². The summed E-state index contributed by atoms with van der Waals surface area (Å²) in [5, 5.41) is 3.13. The molecule has 0 radical (unpaired) electrons. The van der Waals surface area contributed by atoms with Crippen molar-refractivity contribution in [2.24, 2.45) is 0 Å². The Kier molecular flexibility index (Phi) is 3.52. The third-order valence-corrected chi connectivity index (χ3v) is 2.85. The Labute approximate surface area is 102 Å². The second-order valence-electron chi connectivity index (χ2n) is 5.78. The Morgan fingerprint density at radius 1 is 1.53 bits per heavy atom. The van der Waals surface area contributed by atoms with Crippen molar-refractivity contribution in [2.75, 3.05) is 7.05 Å². The number of nitrogens with zero attached hydrogens (tertiary/aromatic N) is 1. The van der Waals surface area contributed by atoms with Crippen LogP contribution in [0.25, 0.3) is 0 Å². The number of nitrogens with one attached hydrogen (secondary N) is 1. The van der Waals surface area contributed by atoms with Gasteiger partial charge in [-0.05, 0) is 34.6 Å². The van der Waals surface area contributed by atoms with Crippen LogP contribution in [0.5, 0.6) is 0 Å². The Morgan fingerprint density at radius 2 is 2.06 bits per heavy atom. The van der Waals surface area contributed by atoms with Crippen molar-refractivity contribution in [3.8, 4) is 0 Å². The second-order valence-corrected chi connectivity index (χ2v) is 5.78. The second kappa shape index (κ2) is 4.29. The number of carbonyl (C=O) groups is 2. The van der Waals surface area contributed by atoms with Gasteiger partial charge in [0.15, 0.2) is 5.66 Å². The summed E-state index contributed by atoms with van der Waals surface area (Å²) in [6.45, 7) is 8.98. The molecule has 5 heteroatoms. The summed E-state index contributed by atoms with van der Waals surface area (Å²) in [5.74, 6) is -0.475. The van der Waals surface area contributed by atoms with E-state index < -0.39 is 17.2 Å². The molecule has 0 aliphatic carbocycles. The van der Waals surface area contributed by atoms with Crippen molar-refractivity contribution < 1.29 is 14.3 Å². The van der Waals surface area contributed by atoms with Gasteiger partial charge in [0.1, 0.15) is 5.60 Å². The molecular weight excluding hydrogens is 220 g/mol. The number of carbonyl (C=O) groups excluding carboxylic acids is 2. The summed E-state index contributed by atoms with van der Waals surface area (Å²) in [5.41, 5.74) is -1.64. The van der Waals surface area contributed by atoms with E-state index in [1.807, 2.05) is 27.7 Å². The first-order chi connectivity index (χ1) is 7.56. The molecule has 0 aromatic carbocycles. The van der Waals surface area contributed by atoms with Gasteiger partial charge in [-0.3, -0.25) is 10.1 Å². The van der Waals surface area contributed by atoms with Gasteiger partial charge in [-0.15, -0.1) is 0 Å². The van der Waals surface area contributed by atoms with Gasteiger partial charge in [0, 0.05) is 19.5 Å². The third-order valence-electron chi connectivity index (χ3n) is 2.85. The lowest BCUT2D eigenvalue weighted by Gasteiger charge is -2.44.